The number of halogens is 7. The third-order valence-corrected chi connectivity index (χ3v) is 8.61. The molecular formula is C30H29F7N4O6S. The van der Waals surface area contributed by atoms with E-state index in [2.05, 4.69) is 19.5 Å². The Morgan fingerprint density at radius 3 is 1.83 bits per heavy atom. The first-order valence-electron chi connectivity index (χ1n) is 14.2. The number of likely N-dealkylation sites (tertiary alicyclic amines) is 1. The first kappa shape index (κ1) is 36.3. The molecule has 10 nitrogen and oxygen atoms in total. The average molecular weight is 707 g/mol. The van der Waals surface area contributed by atoms with Crippen LogP contribution in [0.15, 0.2) is 66.7 Å². The molecule has 4 rings (SSSR count). The molecule has 1 aliphatic rings. The van der Waals surface area contributed by atoms with Crippen LogP contribution < -0.4 is 25.2 Å². The zero-order chi connectivity index (χ0) is 35.4. The summed E-state index contributed by atoms with van der Waals surface area (Å²) in [5.41, 5.74) is 5.60. The second-order valence-electron chi connectivity index (χ2n) is 10.9. The molecule has 260 valence electrons. The predicted octanol–water partition coefficient (Wildman–Crippen LogP) is 5.08. The van der Waals surface area contributed by atoms with Crippen molar-refractivity contribution in [3.8, 4) is 11.5 Å². The van der Waals surface area contributed by atoms with E-state index in [0.717, 1.165) is 42.5 Å². The molecule has 0 unspecified atom stereocenters. The highest BCUT2D eigenvalue weighted by Gasteiger charge is 2.37. The van der Waals surface area contributed by atoms with Crippen molar-refractivity contribution in [3.05, 3.63) is 89.2 Å². The molecule has 2 amide bonds. The molecule has 0 saturated carbocycles. The van der Waals surface area contributed by atoms with E-state index in [9.17, 15) is 48.7 Å². The van der Waals surface area contributed by atoms with Gasteiger partial charge in [-0.3, -0.25) is 19.2 Å². The molecule has 1 fully saturated rings. The molecule has 0 bridgehead atoms. The Kier molecular flexibility index (Phi) is 10.8. The second kappa shape index (κ2) is 14.3. The minimum atomic E-state index is -4.93. The summed E-state index contributed by atoms with van der Waals surface area (Å²) in [6.45, 7) is 1.89. The highest BCUT2D eigenvalue weighted by Crippen LogP contribution is 2.37. The zero-order valence-corrected chi connectivity index (χ0v) is 25.8. The summed E-state index contributed by atoms with van der Waals surface area (Å²) in [6.07, 6.45) is -9.69. The van der Waals surface area contributed by atoms with Gasteiger partial charge in [-0.1, -0.05) is 31.2 Å². The van der Waals surface area contributed by atoms with Crippen molar-refractivity contribution in [2.75, 3.05) is 23.6 Å². The molecule has 4 N–H and O–H groups in total. The van der Waals surface area contributed by atoms with Crippen molar-refractivity contribution in [2.45, 2.75) is 38.2 Å². The Morgan fingerprint density at radius 2 is 1.40 bits per heavy atom. The van der Waals surface area contributed by atoms with Gasteiger partial charge >= 0.3 is 12.7 Å². The maximum atomic E-state index is 14.3. The van der Waals surface area contributed by atoms with Crippen LogP contribution in [0.4, 0.5) is 36.4 Å². The fraction of sp³-hybridized carbons (Fsp3) is 0.333. The number of carbonyl (C=O) groups is 2. The highest BCUT2D eigenvalue weighted by atomic mass is 32.2. The van der Waals surface area contributed by atoms with Crippen LogP contribution in [0, 0.1) is 11.7 Å². The van der Waals surface area contributed by atoms with E-state index >= 15 is 0 Å². The number of benzene rings is 3. The van der Waals surface area contributed by atoms with Crippen LogP contribution >= 0.6 is 0 Å². The number of primary amides is 1. The lowest BCUT2D eigenvalue weighted by molar-refractivity contribution is -0.275. The van der Waals surface area contributed by atoms with Gasteiger partial charge in [0.05, 0.1) is 17.5 Å². The molecular weight excluding hydrogens is 677 g/mol. The molecule has 0 spiro atoms. The number of amides is 2. The van der Waals surface area contributed by atoms with Crippen LogP contribution in [0.1, 0.15) is 40.9 Å². The molecule has 0 radical (unpaired) electrons. The highest BCUT2D eigenvalue weighted by molar-refractivity contribution is 7.92. The van der Waals surface area contributed by atoms with E-state index in [1.165, 1.54) is 24.3 Å². The van der Waals surface area contributed by atoms with Crippen LogP contribution in [0.3, 0.4) is 0 Å². The standard InChI is InChI=1S/C30H29F7N4O6S/c1-2-25(27(38)42)39-28(43)20-11-21(31)13-22(12-20)40-48(44,45)16-17-14-41(15-17)26(18-3-7-23(8-4-18)46-29(32,33)34)19-5-9-24(10-6-19)47-30(35,36)37/h3-13,17,25-26,40H,2,14-16H2,1H3,(H2,38,42)(H,39,43)/t25-/m0/s1. The smallest absolute Gasteiger partial charge is 0.406 e. The molecule has 0 aliphatic carbocycles. The summed E-state index contributed by atoms with van der Waals surface area (Å²) in [5, 5.41) is 2.34. The van der Waals surface area contributed by atoms with Gasteiger partial charge in [0.2, 0.25) is 15.9 Å². The minimum absolute atomic E-state index is 0.148. The summed E-state index contributed by atoms with van der Waals surface area (Å²) in [5.74, 6) is -4.49. The molecule has 1 atom stereocenters. The summed E-state index contributed by atoms with van der Waals surface area (Å²) in [6, 6.07) is 10.8. The fourth-order valence-corrected chi connectivity index (χ4v) is 6.56. The van der Waals surface area contributed by atoms with Gasteiger partial charge < -0.3 is 20.5 Å². The number of ether oxygens (including phenoxy) is 2. The number of alkyl halides is 6. The summed E-state index contributed by atoms with van der Waals surface area (Å²) in [4.78, 5) is 25.8. The minimum Gasteiger partial charge on any atom is -0.406 e. The van der Waals surface area contributed by atoms with Gasteiger partial charge in [-0.15, -0.1) is 26.3 Å². The van der Waals surface area contributed by atoms with Crippen molar-refractivity contribution in [1.82, 2.24) is 10.2 Å². The SMILES string of the molecule is CC[C@H](NC(=O)c1cc(F)cc(NS(=O)(=O)CC2CN(C(c3ccc(OC(F)(F)F)cc3)c3ccc(OC(F)(F)F)cc3)C2)c1)C(N)=O. The average Bonchev–Trinajstić information content (AvgIpc) is 2.93. The van der Waals surface area contributed by atoms with Gasteiger partial charge in [0.25, 0.3) is 5.91 Å². The van der Waals surface area contributed by atoms with Crippen LogP contribution in [-0.4, -0.2) is 62.7 Å². The topological polar surface area (TPSA) is 140 Å². The predicted molar refractivity (Wildman–Crippen MR) is 158 cm³/mol. The molecule has 1 saturated heterocycles. The lowest BCUT2D eigenvalue weighted by Crippen LogP contribution is -2.51. The third kappa shape index (κ3) is 10.2. The number of nitrogens with one attached hydrogen (secondary N) is 2. The van der Waals surface area contributed by atoms with Crippen LogP contribution in [-0.2, 0) is 14.8 Å². The summed E-state index contributed by atoms with van der Waals surface area (Å²) >= 11 is 0. The van der Waals surface area contributed by atoms with E-state index in [4.69, 9.17) is 5.73 Å². The number of carbonyl (C=O) groups excluding carboxylic acids is 2. The number of hydrogen-bond acceptors (Lipinski definition) is 7. The van der Waals surface area contributed by atoms with E-state index in [-0.39, 0.29) is 30.8 Å². The van der Waals surface area contributed by atoms with Crippen LogP contribution in [0.2, 0.25) is 0 Å². The molecule has 3 aromatic carbocycles. The normalized spacial score (nSPS) is 15.0. The maximum absolute atomic E-state index is 14.3. The molecule has 0 aromatic heterocycles. The van der Waals surface area contributed by atoms with Crippen LogP contribution in [0.25, 0.3) is 0 Å². The Bertz CT molecular complexity index is 1650. The van der Waals surface area contributed by atoms with Crippen molar-refractivity contribution in [1.29, 1.82) is 0 Å². The number of sulfonamides is 1. The summed E-state index contributed by atoms with van der Waals surface area (Å²) < 4.78 is 126. The zero-order valence-electron chi connectivity index (χ0n) is 24.9. The van der Waals surface area contributed by atoms with Crippen molar-refractivity contribution in [3.63, 3.8) is 0 Å². The lowest BCUT2D eigenvalue weighted by atomic mass is 9.91. The van der Waals surface area contributed by atoms with E-state index in [1.54, 1.807) is 11.8 Å². The number of nitrogens with zero attached hydrogens (tertiary/aromatic N) is 1. The monoisotopic (exact) mass is 706 g/mol. The molecule has 18 heteroatoms. The third-order valence-electron chi connectivity index (χ3n) is 7.15. The van der Waals surface area contributed by atoms with E-state index < -0.39 is 75.6 Å². The second-order valence-corrected chi connectivity index (χ2v) is 12.7. The Morgan fingerprint density at radius 1 is 0.896 bits per heavy atom. The first-order chi connectivity index (χ1) is 22.3. The Balaban J connectivity index is 1.48. The van der Waals surface area contributed by atoms with Crippen molar-refractivity contribution >= 4 is 27.5 Å². The number of hydrogen-bond donors (Lipinski definition) is 3. The summed E-state index contributed by atoms with van der Waals surface area (Å²) in [7, 11) is -4.11. The molecule has 48 heavy (non-hydrogen) atoms. The van der Waals surface area contributed by atoms with E-state index in [1.807, 2.05) is 0 Å². The number of nitrogens with two attached hydrogens (primary N) is 1. The van der Waals surface area contributed by atoms with Gasteiger partial charge in [0.15, 0.2) is 0 Å². The van der Waals surface area contributed by atoms with Crippen molar-refractivity contribution < 1.29 is 58.2 Å². The van der Waals surface area contributed by atoms with Gasteiger partial charge in [-0.05, 0) is 60.0 Å². The number of rotatable bonds is 13. The maximum Gasteiger partial charge on any atom is 0.573 e. The number of anilines is 1. The van der Waals surface area contributed by atoms with E-state index in [0.29, 0.717) is 11.1 Å². The first-order valence-corrected chi connectivity index (χ1v) is 15.8. The molecule has 1 heterocycles. The molecule has 3 aromatic rings. The largest absolute Gasteiger partial charge is 0.573 e. The van der Waals surface area contributed by atoms with Crippen molar-refractivity contribution in [2.24, 2.45) is 11.7 Å². The van der Waals surface area contributed by atoms with Crippen LogP contribution in [0.5, 0.6) is 11.5 Å². The van der Waals surface area contributed by atoms with Gasteiger partial charge in [0.1, 0.15) is 23.4 Å². The lowest BCUT2D eigenvalue weighted by Gasteiger charge is -2.44. The fourth-order valence-electron chi connectivity index (χ4n) is 5.17. The van der Waals surface area contributed by atoms with Gasteiger partial charge in [0, 0.05) is 24.6 Å². The Hall–Kier alpha value is -4.58. The van der Waals surface area contributed by atoms with Gasteiger partial charge in [-0.2, -0.15) is 0 Å². The molecule has 1 aliphatic heterocycles. The van der Waals surface area contributed by atoms with Gasteiger partial charge in [-0.25, -0.2) is 12.8 Å². The Labute approximate surface area is 270 Å². The quantitative estimate of drug-likeness (QED) is 0.211.